The van der Waals surface area contributed by atoms with Crippen molar-refractivity contribution >= 4 is 58.1 Å². The molecule has 0 atom stereocenters. The highest BCUT2D eigenvalue weighted by Gasteiger charge is 2.34. The lowest BCUT2D eigenvalue weighted by molar-refractivity contribution is -0.124. The van der Waals surface area contributed by atoms with Gasteiger partial charge in [0.05, 0.1) is 4.91 Å². The number of benzene rings is 2. The molecule has 1 N–H and O–H groups in total. The van der Waals surface area contributed by atoms with Gasteiger partial charge in [-0.25, -0.2) is 0 Å². The highest BCUT2D eigenvalue weighted by atomic mass is 35.5. The molecular weight excluding hydrogens is 475 g/mol. The van der Waals surface area contributed by atoms with Gasteiger partial charge in [0.2, 0.25) is 12.7 Å². The Bertz CT molecular complexity index is 1120. The van der Waals surface area contributed by atoms with E-state index in [9.17, 15) is 14.4 Å². The van der Waals surface area contributed by atoms with E-state index in [4.69, 9.17) is 32.7 Å². The number of hydrogen-bond donors (Lipinski definition) is 1. The Kier molecular flexibility index (Phi) is 6.93. The normalized spacial score (nSPS) is 16.2. The zero-order valence-electron chi connectivity index (χ0n) is 16.7. The molecule has 0 saturated carbocycles. The number of carbonyl (C=O) groups excluding carboxylic acids is 3. The fraction of sp³-hybridized carbons (Fsp3) is 0.227. The maximum Gasteiger partial charge on any atom is 0.293 e. The van der Waals surface area contributed by atoms with Crippen molar-refractivity contribution in [3.63, 3.8) is 0 Å². The van der Waals surface area contributed by atoms with Crippen molar-refractivity contribution in [2.75, 3.05) is 19.9 Å². The van der Waals surface area contributed by atoms with Crippen LogP contribution in [0.1, 0.15) is 17.5 Å². The van der Waals surface area contributed by atoms with Gasteiger partial charge in [-0.1, -0.05) is 35.3 Å². The smallest absolute Gasteiger partial charge is 0.293 e. The molecule has 166 valence electrons. The number of thioether (sulfide) groups is 1. The van der Waals surface area contributed by atoms with Gasteiger partial charge in [0.1, 0.15) is 0 Å². The molecule has 0 aromatic heterocycles. The van der Waals surface area contributed by atoms with Crippen LogP contribution < -0.4 is 14.8 Å². The highest BCUT2D eigenvalue weighted by Crippen LogP contribution is 2.34. The number of nitrogens with zero attached hydrogens (tertiary/aromatic N) is 1. The fourth-order valence-electron chi connectivity index (χ4n) is 3.20. The topological polar surface area (TPSA) is 84.9 Å². The standard InChI is InChI=1S/C22H18Cl2N2O5S/c23-15-4-3-14(16(24)11-15)10-19-21(28)26(22(29)32-19)8-7-25-20(27)6-2-13-1-5-17-18(9-13)31-12-30-17/h1,3-5,9-11H,2,6-8,12H2,(H,25,27)/b19-10+. The van der Waals surface area contributed by atoms with Gasteiger partial charge in [0.15, 0.2) is 11.5 Å². The maximum atomic E-state index is 12.6. The summed E-state index contributed by atoms with van der Waals surface area (Å²) in [4.78, 5) is 38.4. The molecule has 0 radical (unpaired) electrons. The van der Waals surface area contributed by atoms with Crippen LogP contribution in [0.5, 0.6) is 11.5 Å². The Morgan fingerprint density at radius 3 is 2.75 bits per heavy atom. The number of amides is 3. The number of fused-ring (bicyclic) bond motifs is 1. The van der Waals surface area contributed by atoms with Gasteiger partial charge in [-0.05, 0) is 59.7 Å². The van der Waals surface area contributed by atoms with Gasteiger partial charge in [0.25, 0.3) is 11.1 Å². The second-order valence-electron chi connectivity index (χ2n) is 7.04. The lowest BCUT2D eigenvalue weighted by atomic mass is 10.1. The molecule has 2 aliphatic rings. The van der Waals surface area contributed by atoms with Crippen molar-refractivity contribution in [3.05, 3.63) is 62.5 Å². The monoisotopic (exact) mass is 492 g/mol. The molecule has 0 aliphatic carbocycles. The molecule has 2 aliphatic heterocycles. The zero-order valence-corrected chi connectivity index (χ0v) is 19.1. The lowest BCUT2D eigenvalue weighted by Gasteiger charge is -2.13. The first-order valence-electron chi connectivity index (χ1n) is 9.76. The first-order valence-corrected chi connectivity index (χ1v) is 11.3. The van der Waals surface area contributed by atoms with E-state index in [2.05, 4.69) is 5.32 Å². The minimum Gasteiger partial charge on any atom is -0.454 e. The molecule has 3 amide bonds. The van der Waals surface area contributed by atoms with Crippen LogP contribution in [-0.4, -0.2) is 41.8 Å². The minimum atomic E-state index is -0.416. The van der Waals surface area contributed by atoms with Crippen molar-refractivity contribution in [1.82, 2.24) is 10.2 Å². The summed E-state index contributed by atoms with van der Waals surface area (Å²) < 4.78 is 10.6. The molecule has 0 bridgehead atoms. The Morgan fingerprint density at radius 1 is 1.12 bits per heavy atom. The number of aryl methyl sites for hydroxylation is 1. The molecule has 4 rings (SSSR count). The summed E-state index contributed by atoms with van der Waals surface area (Å²) in [6.45, 7) is 0.467. The quantitative estimate of drug-likeness (QED) is 0.572. The average Bonchev–Trinajstić information content (AvgIpc) is 3.33. The van der Waals surface area contributed by atoms with Crippen LogP contribution in [-0.2, 0) is 16.0 Å². The average molecular weight is 493 g/mol. The van der Waals surface area contributed by atoms with Gasteiger partial charge in [-0.3, -0.25) is 19.3 Å². The van der Waals surface area contributed by atoms with Crippen LogP contribution in [0.4, 0.5) is 4.79 Å². The van der Waals surface area contributed by atoms with Crippen LogP contribution in [0.15, 0.2) is 41.3 Å². The third-order valence-corrected chi connectivity index (χ3v) is 6.33. The summed E-state index contributed by atoms with van der Waals surface area (Å²) in [5, 5.41) is 3.23. The van der Waals surface area contributed by atoms with E-state index in [0.29, 0.717) is 33.5 Å². The van der Waals surface area contributed by atoms with Gasteiger partial charge < -0.3 is 14.8 Å². The van der Waals surface area contributed by atoms with E-state index in [1.807, 2.05) is 18.2 Å². The van der Waals surface area contributed by atoms with Gasteiger partial charge >= 0.3 is 0 Å². The molecule has 0 spiro atoms. The van der Waals surface area contributed by atoms with E-state index < -0.39 is 5.91 Å². The number of carbonyl (C=O) groups is 3. The largest absolute Gasteiger partial charge is 0.454 e. The van der Waals surface area contributed by atoms with Crippen LogP contribution in [0.3, 0.4) is 0 Å². The molecule has 1 fully saturated rings. The SMILES string of the molecule is O=C(CCc1ccc2c(c1)OCO2)NCCN1C(=O)S/C(=C/c2ccc(Cl)cc2Cl)C1=O. The Morgan fingerprint density at radius 2 is 1.94 bits per heavy atom. The molecule has 0 unspecified atom stereocenters. The van der Waals surface area contributed by atoms with Crippen molar-refractivity contribution in [3.8, 4) is 11.5 Å². The number of rotatable bonds is 7. The Hall–Kier alpha value is -2.68. The van der Waals surface area contributed by atoms with E-state index >= 15 is 0 Å². The Labute approximate surface area is 198 Å². The molecule has 2 heterocycles. The predicted octanol–water partition coefficient (Wildman–Crippen LogP) is 4.51. The minimum absolute atomic E-state index is 0.0894. The zero-order chi connectivity index (χ0) is 22.7. The third-order valence-electron chi connectivity index (χ3n) is 4.86. The van der Waals surface area contributed by atoms with Gasteiger partial charge in [0, 0.05) is 29.6 Å². The molecule has 7 nitrogen and oxygen atoms in total. The summed E-state index contributed by atoms with van der Waals surface area (Å²) in [5.74, 6) is 0.789. The van der Waals surface area contributed by atoms with Gasteiger partial charge in [-0.15, -0.1) is 0 Å². The molecule has 2 aromatic rings. The number of ether oxygens (including phenoxy) is 2. The third kappa shape index (κ3) is 5.20. The van der Waals surface area contributed by atoms with Crippen LogP contribution in [0.2, 0.25) is 10.0 Å². The number of halogens is 2. The van der Waals surface area contributed by atoms with Crippen LogP contribution in [0, 0.1) is 0 Å². The van der Waals surface area contributed by atoms with E-state index in [0.717, 1.165) is 22.2 Å². The summed E-state index contributed by atoms with van der Waals surface area (Å²) >= 11 is 12.9. The van der Waals surface area contributed by atoms with Crippen molar-refractivity contribution in [2.45, 2.75) is 12.8 Å². The number of imide groups is 1. The summed E-state index contributed by atoms with van der Waals surface area (Å²) in [5.41, 5.74) is 1.56. The van der Waals surface area contributed by atoms with Crippen molar-refractivity contribution in [2.24, 2.45) is 0 Å². The predicted molar refractivity (Wildman–Crippen MR) is 123 cm³/mol. The lowest BCUT2D eigenvalue weighted by Crippen LogP contribution is -2.37. The summed E-state index contributed by atoms with van der Waals surface area (Å²) in [6, 6.07) is 10.5. The van der Waals surface area contributed by atoms with Crippen LogP contribution in [0.25, 0.3) is 6.08 Å². The van der Waals surface area contributed by atoms with Gasteiger partial charge in [-0.2, -0.15) is 0 Å². The second-order valence-corrected chi connectivity index (χ2v) is 8.87. The Balaban J connectivity index is 1.26. The highest BCUT2D eigenvalue weighted by molar-refractivity contribution is 8.18. The maximum absolute atomic E-state index is 12.6. The summed E-state index contributed by atoms with van der Waals surface area (Å²) in [6.07, 6.45) is 2.37. The molecular formula is C22H18Cl2N2O5S. The molecule has 2 aromatic carbocycles. The fourth-order valence-corrected chi connectivity index (χ4v) is 4.52. The summed E-state index contributed by atoms with van der Waals surface area (Å²) in [7, 11) is 0. The van der Waals surface area contributed by atoms with E-state index in [1.165, 1.54) is 0 Å². The van der Waals surface area contributed by atoms with Crippen molar-refractivity contribution in [1.29, 1.82) is 0 Å². The van der Waals surface area contributed by atoms with Crippen LogP contribution >= 0.6 is 35.0 Å². The van der Waals surface area contributed by atoms with E-state index in [-0.39, 0.29) is 42.4 Å². The molecule has 32 heavy (non-hydrogen) atoms. The first kappa shape index (κ1) is 22.5. The molecule has 1 saturated heterocycles. The number of hydrogen-bond acceptors (Lipinski definition) is 6. The van der Waals surface area contributed by atoms with Crippen molar-refractivity contribution < 1.29 is 23.9 Å². The van der Waals surface area contributed by atoms with E-state index in [1.54, 1.807) is 24.3 Å². The first-order chi connectivity index (χ1) is 15.4. The second kappa shape index (κ2) is 9.85. The number of nitrogens with one attached hydrogen (secondary N) is 1. The molecule has 10 heteroatoms.